The quantitative estimate of drug-likeness (QED) is 0.382. The van der Waals surface area contributed by atoms with Crippen LogP contribution in [0.4, 0.5) is 0 Å². The molecule has 0 aromatic rings. The van der Waals surface area contributed by atoms with Gasteiger partial charge in [-0.15, -0.1) is 0 Å². The summed E-state index contributed by atoms with van der Waals surface area (Å²) in [7, 11) is 0. The molecule has 0 spiro atoms. The molecule has 2 heteroatoms. The van der Waals surface area contributed by atoms with Crippen LogP contribution in [0.3, 0.4) is 0 Å². The minimum absolute atomic E-state index is 0.551. The predicted octanol–water partition coefficient (Wildman–Crippen LogP) is 0.696. The zero-order valence-electron chi connectivity index (χ0n) is 3.15. The third kappa shape index (κ3) is 0.829. The third-order valence-electron chi connectivity index (χ3n) is 0.750. The second-order valence-electron chi connectivity index (χ2n) is 1.23. The van der Waals surface area contributed by atoms with Crippen molar-refractivity contribution in [2.75, 3.05) is 6.54 Å². The Hall–Kier alpha value is 0.332. The number of hydrogen-bond acceptors (Lipinski definition) is 1. The van der Waals surface area contributed by atoms with Crippen LogP contribution in [0.2, 0.25) is 5.28 Å². The van der Waals surface area contributed by atoms with Crippen LogP contribution in [0, 0.1) is 0 Å². The van der Waals surface area contributed by atoms with Gasteiger partial charge < -0.3 is 0 Å². The van der Waals surface area contributed by atoms with Crippen LogP contribution in [-0.4, -0.2) is 21.6 Å². The molecule has 1 aliphatic rings. The van der Waals surface area contributed by atoms with Gasteiger partial charge >= 0.3 is 37.2 Å². The molecule has 0 unspecified atom stereocenters. The summed E-state index contributed by atoms with van der Waals surface area (Å²) in [4.78, 5) is 0. The van der Waals surface area contributed by atoms with Crippen LogP contribution in [-0.2, 0) is 0 Å². The topological polar surface area (TPSA) is 12.4 Å². The van der Waals surface area contributed by atoms with E-state index in [2.05, 4.69) is 3.93 Å². The molecule has 0 N–H and O–H groups in total. The number of nitrogens with zero attached hydrogens (tertiary/aromatic N) is 1. The van der Waals surface area contributed by atoms with E-state index in [1.165, 1.54) is 11.7 Å². The summed E-state index contributed by atoms with van der Waals surface area (Å²) in [5.74, 6) is 0. The molecule has 0 aliphatic carbocycles. The Labute approximate surface area is 37.9 Å². The molecule has 0 radical (unpaired) electrons. The average molecular weight is 83.1 g/mol. The van der Waals surface area contributed by atoms with E-state index in [1.807, 2.05) is 0 Å². The Kier molecular flexibility index (Phi) is 1.19. The predicted molar refractivity (Wildman–Crippen MR) is 22.5 cm³/mol. The van der Waals surface area contributed by atoms with Crippen LogP contribution in [0.15, 0.2) is 3.93 Å². The summed E-state index contributed by atoms with van der Waals surface area (Å²) in [6, 6.07) is 0. The average Bonchev–Trinajstić information content (AvgIpc) is 1.76. The maximum atomic E-state index is 4.17. The molecule has 0 saturated heterocycles. The Morgan fingerprint density at radius 2 is 2.60 bits per heavy atom. The van der Waals surface area contributed by atoms with Gasteiger partial charge in [-0.1, -0.05) is 0 Å². The van der Waals surface area contributed by atoms with E-state index in [9.17, 15) is 0 Å². The summed E-state index contributed by atoms with van der Waals surface area (Å²) in [5.41, 5.74) is 0. The van der Waals surface area contributed by atoms with Gasteiger partial charge in [0.05, 0.1) is 0 Å². The molecule has 1 heterocycles. The van der Waals surface area contributed by atoms with Gasteiger partial charge in [-0.2, -0.15) is 0 Å². The molecule has 26 valence electrons. The van der Waals surface area contributed by atoms with E-state index in [0.29, 0.717) is 15.0 Å². The number of rotatable bonds is 0. The Morgan fingerprint density at radius 3 is 2.80 bits per heavy atom. The third-order valence-corrected chi connectivity index (χ3v) is 1.93. The molecular weight excluding hydrogens is 77.0 g/mol. The number of hydrogen-bond donors (Lipinski definition) is 0. The summed E-state index contributed by atoms with van der Waals surface area (Å²) in [6.45, 7) is 1.16. The van der Waals surface area contributed by atoms with Crippen molar-refractivity contribution in [3.05, 3.63) is 0 Å². The van der Waals surface area contributed by atoms with Crippen molar-refractivity contribution < 1.29 is 0 Å². The fraction of sp³-hybridized carbons (Fsp3) is 1.00. The molecule has 0 amide bonds. The fourth-order valence-electron chi connectivity index (χ4n) is 0.456. The van der Waals surface area contributed by atoms with Crippen LogP contribution >= 0.6 is 0 Å². The summed E-state index contributed by atoms with van der Waals surface area (Å²) in [5, 5.41) is 1.42. The van der Waals surface area contributed by atoms with Crippen molar-refractivity contribution >= 4 is 15.0 Å². The Morgan fingerprint density at radius 1 is 1.60 bits per heavy atom. The van der Waals surface area contributed by atoms with Crippen LogP contribution < -0.4 is 0 Å². The molecule has 0 atom stereocenters. The molecule has 1 nitrogen and oxygen atoms in total. The van der Waals surface area contributed by atoms with Crippen molar-refractivity contribution in [3.63, 3.8) is 0 Å². The van der Waals surface area contributed by atoms with E-state index >= 15 is 0 Å². The summed E-state index contributed by atoms with van der Waals surface area (Å²) in [6.07, 6.45) is 1.37. The maximum absolute atomic E-state index is 4.17. The van der Waals surface area contributed by atoms with Crippen LogP contribution in [0.25, 0.3) is 0 Å². The van der Waals surface area contributed by atoms with E-state index < -0.39 is 0 Å². The normalized spacial score (nSPS) is 19.2. The van der Waals surface area contributed by atoms with E-state index in [4.69, 9.17) is 0 Å². The fourth-order valence-corrected chi connectivity index (χ4v) is 1.37. The molecule has 5 heavy (non-hydrogen) atoms. The monoisotopic (exact) mass is 83.0 g/mol. The van der Waals surface area contributed by atoms with E-state index in [0.717, 1.165) is 6.54 Å². The van der Waals surface area contributed by atoms with Crippen molar-refractivity contribution in [3.8, 4) is 0 Å². The molecular formula is C3H6AlN. The van der Waals surface area contributed by atoms with Gasteiger partial charge in [-0.3, -0.25) is 0 Å². The molecule has 0 aromatic carbocycles. The van der Waals surface area contributed by atoms with Gasteiger partial charge in [-0.05, 0) is 0 Å². The molecule has 0 bridgehead atoms. The van der Waals surface area contributed by atoms with Gasteiger partial charge in [0.2, 0.25) is 0 Å². The van der Waals surface area contributed by atoms with Gasteiger partial charge in [0.1, 0.15) is 0 Å². The van der Waals surface area contributed by atoms with Gasteiger partial charge in [-0.25, -0.2) is 0 Å². The van der Waals surface area contributed by atoms with Crippen LogP contribution in [0.1, 0.15) is 6.42 Å². The zero-order valence-corrected chi connectivity index (χ0v) is 4.30. The SMILES string of the molecule is C1C[N]=[Al][CH2]1. The van der Waals surface area contributed by atoms with Gasteiger partial charge in [0.15, 0.2) is 0 Å². The first-order valence-corrected chi connectivity index (χ1v) is 3.32. The van der Waals surface area contributed by atoms with Crippen molar-refractivity contribution in [2.45, 2.75) is 11.7 Å². The van der Waals surface area contributed by atoms with Crippen LogP contribution in [0.5, 0.6) is 0 Å². The zero-order chi connectivity index (χ0) is 3.54. The molecule has 1 aliphatic heterocycles. The molecule has 1 rings (SSSR count). The molecule has 0 aromatic heterocycles. The van der Waals surface area contributed by atoms with E-state index in [1.54, 1.807) is 0 Å². The van der Waals surface area contributed by atoms with Gasteiger partial charge in [0, 0.05) is 0 Å². The van der Waals surface area contributed by atoms with Crippen molar-refractivity contribution in [2.24, 2.45) is 3.93 Å². The second-order valence-corrected chi connectivity index (χ2v) is 2.54. The first-order chi connectivity index (χ1) is 2.50. The van der Waals surface area contributed by atoms with E-state index in [-0.39, 0.29) is 0 Å². The van der Waals surface area contributed by atoms with Crippen molar-refractivity contribution in [1.82, 2.24) is 0 Å². The Balaban J connectivity index is 2.32. The first kappa shape index (κ1) is 3.52. The molecule has 0 fully saturated rings. The van der Waals surface area contributed by atoms with Gasteiger partial charge in [0.25, 0.3) is 0 Å². The minimum atomic E-state index is 0.551. The molecule has 0 saturated carbocycles. The summed E-state index contributed by atoms with van der Waals surface area (Å²) < 4.78 is 4.17. The standard InChI is InChI=1S/C3H6N.Al/c1-2-3-4;/h1-3H2;. The van der Waals surface area contributed by atoms with Crippen molar-refractivity contribution in [1.29, 1.82) is 0 Å². The Bertz CT molecular complexity index is 44.9. The summed E-state index contributed by atoms with van der Waals surface area (Å²) >= 11 is 0.551. The first-order valence-electron chi connectivity index (χ1n) is 1.98. The second kappa shape index (κ2) is 1.69.